The smallest absolute Gasteiger partial charge is 0.235 e. The van der Waals surface area contributed by atoms with Crippen molar-refractivity contribution in [3.05, 3.63) is 95.6 Å². The number of hydrogen-bond donors (Lipinski definition) is 1. The van der Waals surface area contributed by atoms with E-state index in [0.717, 1.165) is 11.1 Å². The maximum absolute atomic E-state index is 14.2. The highest BCUT2D eigenvalue weighted by atomic mass is 32.1. The Hall–Kier alpha value is -3.35. The molecule has 0 unspecified atom stereocenters. The molecule has 1 amide bonds. The molecule has 0 radical (unpaired) electrons. The Morgan fingerprint density at radius 1 is 0.909 bits per heavy atom. The topological polar surface area (TPSA) is 51.2 Å². The zero-order valence-electron chi connectivity index (χ0n) is 18.0. The molecule has 166 valence electrons. The van der Waals surface area contributed by atoms with Crippen LogP contribution in [0, 0.1) is 5.82 Å². The van der Waals surface area contributed by atoms with E-state index in [-0.39, 0.29) is 11.7 Å². The van der Waals surface area contributed by atoms with Crippen LogP contribution in [0.2, 0.25) is 0 Å². The summed E-state index contributed by atoms with van der Waals surface area (Å²) in [5.74, 6) is -0.349. The van der Waals surface area contributed by atoms with Crippen molar-refractivity contribution in [2.24, 2.45) is 0 Å². The molecule has 1 aliphatic rings. The Labute approximate surface area is 196 Å². The van der Waals surface area contributed by atoms with Crippen molar-refractivity contribution in [1.82, 2.24) is 4.98 Å². The summed E-state index contributed by atoms with van der Waals surface area (Å²) in [5, 5.41) is 5.68. The number of carbonyl (C=O) groups excluding carboxylic acids is 1. The Morgan fingerprint density at radius 2 is 1.58 bits per heavy atom. The van der Waals surface area contributed by atoms with Crippen LogP contribution in [0.5, 0.6) is 0 Å². The number of rotatable bonds is 5. The number of nitrogens with one attached hydrogen (secondary N) is 1. The Morgan fingerprint density at radius 3 is 2.33 bits per heavy atom. The van der Waals surface area contributed by atoms with Gasteiger partial charge >= 0.3 is 0 Å². The van der Waals surface area contributed by atoms with Crippen LogP contribution in [-0.2, 0) is 14.9 Å². The summed E-state index contributed by atoms with van der Waals surface area (Å²) >= 11 is 1.38. The first kappa shape index (κ1) is 21.5. The molecule has 1 saturated heterocycles. The summed E-state index contributed by atoms with van der Waals surface area (Å²) in [6.07, 6.45) is 1.25. The number of benzene rings is 3. The molecule has 1 fully saturated rings. The maximum atomic E-state index is 14.2. The lowest BCUT2D eigenvalue weighted by molar-refractivity contribution is -0.125. The normalized spacial score (nSPS) is 15.2. The van der Waals surface area contributed by atoms with Crippen LogP contribution in [-0.4, -0.2) is 24.1 Å². The van der Waals surface area contributed by atoms with E-state index in [1.807, 2.05) is 60.0 Å². The summed E-state index contributed by atoms with van der Waals surface area (Å²) in [4.78, 5) is 18.4. The van der Waals surface area contributed by atoms with E-state index in [4.69, 9.17) is 4.74 Å². The highest BCUT2D eigenvalue weighted by molar-refractivity contribution is 7.13. The van der Waals surface area contributed by atoms with Gasteiger partial charge in [0.2, 0.25) is 5.91 Å². The third-order valence-corrected chi connectivity index (χ3v) is 7.04. The second-order valence-corrected chi connectivity index (χ2v) is 8.94. The third kappa shape index (κ3) is 4.19. The number of amides is 1. The molecular formula is C27H23FN2O2S. The van der Waals surface area contributed by atoms with Gasteiger partial charge in [0.05, 0.1) is 16.8 Å². The molecule has 1 aromatic heterocycles. The van der Waals surface area contributed by atoms with Crippen molar-refractivity contribution in [3.63, 3.8) is 0 Å². The summed E-state index contributed by atoms with van der Waals surface area (Å²) in [5.41, 5.74) is 3.02. The van der Waals surface area contributed by atoms with Gasteiger partial charge in [-0.05, 0) is 36.6 Å². The molecule has 0 spiro atoms. The number of para-hydroxylation sites is 1. The number of halogens is 1. The molecule has 6 heteroatoms. The van der Waals surface area contributed by atoms with Crippen molar-refractivity contribution in [2.45, 2.75) is 18.3 Å². The fourth-order valence-corrected chi connectivity index (χ4v) is 5.18. The summed E-state index contributed by atoms with van der Waals surface area (Å²) in [7, 11) is 0. The number of thiazole rings is 1. The largest absolute Gasteiger partial charge is 0.381 e. The molecule has 4 nitrogen and oxygen atoms in total. The fourth-order valence-electron chi connectivity index (χ4n) is 4.34. The average molecular weight is 459 g/mol. The first-order valence-electron chi connectivity index (χ1n) is 10.9. The van der Waals surface area contributed by atoms with Crippen LogP contribution >= 0.6 is 11.3 Å². The molecule has 3 aromatic carbocycles. The first-order chi connectivity index (χ1) is 16.2. The molecule has 0 atom stereocenters. The van der Waals surface area contributed by atoms with Crippen molar-refractivity contribution in [2.75, 3.05) is 18.5 Å². The number of aromatic nitrogens is 1. The second-order valence-electron chi connectivity index (χ2n) is 8.08. The van der Waals surface area contributed by atoms with Crippen molar-refractivity contribution in [3.8, 4) is 21.8 Å². The first-order valence-corrected chi connectivity index (χ1v) is 11.8. The zero-order chi connectivity index (χ0) is 22.7. The van der Waals surface area contributed by atoms with Gasteiger partial charge in [0.25, 0.3) is 0 Å². The number of ether oxygens (including phenoxy) is 1. The Kier molecular flexibility index (Phi) is 6.03. The van der Waals surface area contributed by atoms with E-state index in [9.17, 15) is 9.18 Å². The van der Waals surface area contributed by atoms with Gasteiger partial charge in [-0.1, -0.05) is 60.7 Å². The highest BCUT2D eigenvalue weighted by Crippen LogP contribution is 2.38. The van der Waals surface area contributed by atoms with E-state index in [1.54, 1.807) is 18.2 Å². The number of carbonyl (C=O) groups is 1. The molecular weight excluding hydrogens is 435 g/mol. The molecule has 1 N–H and O–H groups in total. The van der Waals surface area contributed by atoms with Gasteiger partial charge in [-0.3, -0.25) is 4.79 Å². The van der Waals surface area contributed by atoms with Gasteiger partial charge in [0.1, 0.15) is 10.8 Å². The molecule has 0 aliphatic carbocycles. The van der Waals surface area contributed by atoms with Crippen molar-refractivity contribution >= 4 is 22.9 Å². The van der Waals surface area contributed by atoms with Gasteiger partial charge in [-0.25, -0.2) is 9.37 Å². The van der Waals surface area contributed by atoms with E-state index >= 15 is 0 Å². The minimum Gasteiger partial charge on any atom is -0.381 e. The minimum absolute atomic E-state index is 0.0472. The van der Waals surface area contributed by atoms with Crippen LogP contribution in [0.1, 0.15) is 18.4 Å². The lowest BCUT2D eigenvalue weighted by atomic mass is 9.73. The minimum atomic E-state index is -0.646. The predicted molar refractivity (Wildman–Crippen MR) is 130 cm³/mol. The maximum Gasteiger partial charge on any atom is 0.235 e. The molecule has 1 aliphatic heterocycles. The van der Waals surface area contributed by atoms with Crippen molar-refractivity contribution in [1.29, 1.82) is 0 Å². The standard InChI is InChI=1S/C27H23FN2O2S/c28-22-12-6-4-10-20(22)25-29-24(18-33-25)21-11-5-7-13-23(21)30-26(31)27(14-16-32-17-15-27)19-8-2-1-3-9-19/h1-13,18H,14-17H2,(H,30,31). The van der Waals surface area contributed by atoms with E-state index < -0.39 is 5.41 Å². The van der Waals surface area contributed by atoms with Crippen LogP contribution in [0.15, 0.2) is 84.2 Å². The lowest BCUT2D eigenvalue weighted by Gasteiger charge is -2.36. The van der Waals surface area contributed by atoms with Crippen molar-refractivity contribution < 1.29 is 13.9 Å². The Bertz CT molecular complexity index is 1270. The number of nitrogens with zero attached hydrogens (tertiary/aromatic N) is 1. The van der Waals surface area contributed by atoms with Gasteiger partial charge in [0.15, 0.2) is 0 Å². The molecule has 0 saturated carbocycles. The van der Waals surface area contributed by atoms with Gasteiger partial charge < -0.3 is 10.1 Å². The Balaban J connectivity index is 1.47. The third-order valence-electron chi connectivity index (χ3n) is 6.17. The van der Waals surface area contributed by atoms with Crippen LogP contribution in [0.3, 0.4) is 0 Å². The molecule has 4 aromatic rings. The fraction of sp³-hybridized carbons (Fsp3) is 0.185. The summed E-state index contributed by atoms with van der Waals surface area (Å²) < 4.78 is 19.8. The average Bonchev–Trinajstić information content (AvgIpc) is 3.35. The van der Waals surface area contributed by atoms with E-state index in [1.165, 1.54) is 17.4 Å². The highest BCUT2D eigenvalue weighted by Gasteiger charge is 2.41. The SMILES string of the molecule is O=C(Nc1ccccc1-c1csc(-c2ccccc2F)n1)C1(c2ccccc2)CCOCC1. The van der Waals surface area contributed by atoms with Crippen LogP contribution < -0.4 is 5.32 Å². The quantitative estimate of drug-likeness (QED) is 0.382. The van der Waals surface area contributed by atoms with E-state index in [0.29, 0.717) is 48.0 Å². The summed E-state index contributed by atoms with van der Waals surface area (Å²) in [6.45, 7) is 1.09. The molecule has 2 heterocycles. The van der Waals surface area contributed by atoms with E-state index in [2.05, 4.69) is 10.3 Å². The zero-order valence-corrected chi connectivity index (χ0v) is 18.8. The van der Waals surface area contributed by atoms with Crippen LogP contribution in [0.4, 0.5) is 10.1 Å². The molecule has 5 rings (SSSR count). The predicted octanol–water partition coefficient (Wildman–Crippen LogP) is 6.30. The monoisotopic (exact) mass is 458 g/mol. The number of anilines is 1. The summed E-state index contributed by atoms with van der Waals surface area (Å²) in [6, 6.07) is 24.1. The van der Waals surface area contributed by atoms with Gasteiger partial charge in [-0.2, -0.15) is 0 Å². The van der Waals surface area contributed by atoms with Gasteiger partial charge in [-0.15, -0.1) is 11.3 Å². The van der Waals surface area contributed by atoms with Crippen LogP contribution in [0.25, 0.3) is 21.8 Å². The number of hydrogen-bond acceptors (Lipinski definition) is 4. The van der Waals surface area contributed by atoms with Gasteiger partial charge in [0, 0.05) is 29.7 Å². The second kappa shape index (κ2) is 9.25. The molecule has 33 heavy (non-hydrogen) atoms. The lowest BCUT2D eigenvalue weighted by Crippen LogP contribution is -2.44. The molecule has 0 bridgehead atoms.